The third-order valence-corrected chi connectivity index (χ3v) is 8.07. The minimum absolute atomic E-state index is 0.0238. The summed E-state index contributed by atoms with van der Waals surface area (Å²) in [6.45, 7) is 4.94. The minimum Gasteiger partial charge on any atom is -0.298 e. The zero-order chi connectivity index (χ0) is 16.9. The fraction of sp³-hybridized carbons (Fsp3) is 0.588. The van der Waals surface area contributed by atoms with Crippen LogP contribution in [0.25, 0.3) is 10.6 Å². The highest BCUT2D eigenvalue weighted by atomic mass is 32.2. The molecule has 1 fully saturated rings. The van der Waals surface area contributed by atoms with E-state index in [1.807, 2.05) is 18.3 Å². The fourth-order valence-electron chi connectivity index (χ4n) is 3.68. The molecule has 2 aromatic heterocycles. The van der Waals surface area contributed by atoms with Crippen molar-refractivity contribution in [2.75, 3.05) is 25.1 Å². The predicted molar refractivity (Wildman–Crippen MR) is 101 cm³/mol. The Labute approximate surface area is 151 Å². The Morgan fingerprint density at radius 2 is 2.17 bits per heavy atom. The number of aromatic nitrogens is 1. The highest BCUT2D eigenvalue weighted by Gasteiger charge is 2.46. The van der Waals surface area contributed by atoms with E-state index in [2.05, 4.69) is 21.3 Å². The monoisotopic (exact) mass is 382 g/mol. The van der Waals surface area contributed by atoms with Crippen molar-refractivity contribution in [3.05, 3.63) is 26.9 Å². The molecular formula is C17H22N2O2S3. The predicted octanol–water partition coefficient (Wildman–Crippen LogP) is 3.36. The Bertz CT molecular complexity index is 862. The molecule has 24 heavy (non-hydrogen) atoms. The Morgan fingerprint density at radius 1 is 1.38 bits per heavy atom. The summed E-state index contributed by atoms with van der Waals surface area (Å²) >= 11 is 3.56. The number of nitrogens with zero attached hydrogens (tertiary/aromatic N) is 2. The van der Waals surface area contributed by atoms with Crippen molar-refractivity contribution in [3.8, 4) is 10.6 Å². The van der Waals surface area contributed by atoms with Gasteiger partial charge in [0.05, 0.1) is 21.3 Å². The Hall–Kier alpha value is -0.760. The second-order valence-electron chi connectivity index (χ2n) is 7.34. The molecule has 2 aliphatic rings. The molecule has 0 bridgehead atoms. The number of hydrogen-bond acceptors (Lipinski definition) is 6. The van der Waals surface area contributed by atoms with Gasteiger partial charge in [-0.2, -0.15) is 0 Å². The SMILES string of the molecule is Cc1nc(-c2cc3c(s2)CCN(CC2(CS(C)(=O)=O)CC2)C3)cs1. The number of thiophene rings is 1. The van der Waals surface area contributed by atoms with Gasteiger partial charge in [-0.1, -0.05) is 0 Å². The van der Waals surface area contributed by atoms with Gasteiger partial charge < -0.3 is 0 Å². The molecule has 1 aliphatic heterocycles. The quantitative estimate of drug-likeness (QED) is 0.796. The van der Waals surface area contributed by atoms with Crippen molar-refractivity contribution in [2.24, 2.45) is 5.41 Å². The van der Waals surface area contributed by atoms with Crippen molar-refractivity contribution in [3.63, 3.8) is 0 Å². The second kappa shape index (κ2) is 5.90. The van der Waals surface area contributed by atoms with Gasteiger partial charge in [-0.25, -0.2) is 13.4 Å². The summed E-state index contributed by atoms with van der Waals surface area (Å²) in [4.78, 5) is 9.79. The number of fused-ring (bicyclic) bond motifs is 1. The molecule has 0 N–H and O–H groups in total. The highest BCUT2D eigenvalue weighted by molar-refractivity contribution is 7.90. The smallest absolute Gasteiger partial charge is 0.148 e. The molecule has 0 spiro atoms. The number of thiazole rings is 1. The van der Waals surface area contributed by atoms with Gasteiger partial charge in [-0.05, 0) is 43.2 Å². The lowest BCUT2D eigenvalue weighted by molar-refractivity contribution is 0.213. The van der Waals surface area contributed by atoms with Crippen LogP contribution in [-0.2, 0) is 22.8 Å². The van der Waals surface area contributed by atoms with E-state index >= 15 is 0 Å². The van der Waals surface area contributed by atoms with E-state index in [-0.39, 0.29) is 5.41 Å². The lowest BCUT2D eigenvalue weighted by atomic mass is 10.0. The van der Waals surface area contributed by atoms with Crippen LogP contribution < -0.4 is 0 Å². The van der Waals surface area contributed by atoms with Crippen LogP contribution in [-0.4, -0.2) is 43.4 Å². The molecule has 3 heterocycles. The van der Waals surface area contributed by atoms with Crippen LogP contribution in [0.15, 0.2) is 11.4 Å². The lowest BCUT2D eigenvalue weighted by Crippen LogP contribution is -2.37. The second-order valence-corrected chi connectivity index (χ2v) is 11.7. The summed E-state index contributed by atoms with van der Waals surface area (Å²) in [5.41, 5.74) is 2.52. The Morgan fingerprint density at radius 3 is 2.79 bits per heavy atom. The maximum atomic E-state index is 11.7. The molecule has 0 amide bonds. The van der Waals surface area contributed by atoms with E-state index in [9.17, 15) is 8.42 Å². The summed E-state index contributed by atoms with van der Waals surface area (Å²) in [6, 6.07) is 2.29. The topological polar surface area (TPSA) is 50.3 Å². The van der Waals surface area contributed by atoms with Gasteiger partial charge in [-0.15, -0.1) is 22.7 Å². The summed E-state index contributed by atoms with van der Waals surface area (Å²) in [5.74, 6) is 0.344. The maximum Gasteiger partial charge on any atom is 0.148 e. The van der Waals surface area contributed by atoms with Crippen LogP contribution >= 0.6 is 22.7 Å². The zero-order valence-electron chi connectivity index (χ0n) is 14.0. The van der Waals surface area contributed by atoms with Crippen LogP contribution in [0.4, 0.5) is 0 Å². The molecule has 1 aliphatic carbocycles. The van der Waals surface area contributed by atoms with Gasteiger partial charge in [0.2, 0.25) is 0 Å². The molecule has 4 nitrogen and oxygen atoms in total. The Balaban J connectivity index is 1.47. The third-order valence-electron chi connectivity index (χ3n) is 4.90. The molecule has 130 valence electrons. The average Bonchev–Trinajstić information content (AvgIpc) is 2.92. The number of rotatable bonds is 5. The molecule has 2 aromatic rings. The van der Waals surface area contributed by atoms with Crippen LogP contribution in [0.5, 0.6) is 0 Å². The van der Waals surface area contributed by atoms with Gasteiger partial charge in [0.1, 0.15) is 9.84 Å². The molecular weight excluding hydrogens is 360 g/mol. The van der Waals surface area contributed by atoms with Crippen molar-refractivity contribution >= 4 is 32.5 Å². The maximum absolute atomic E-state index is 11.7. The Kier molecular flexibility index (Phi) is 4.10. The number of hydrogen-bond donors (Lipinski definition) is 0. The van der Waals surface area contributed by atoms with Gasteiger partial charge in [0.25, 0.3) is 0 Å². The summed E-state index contributed by atoms with van der Waals surface area (Å²) in [5, 5.41) is 3.24. The first-order chi connectivity index (χ1) is 11.3. The first kappa shape index (κ1) is 16.7. The molecule has 0 atom stereocenters. The minimum atomic E-state index is -2.89. The highest BCUT2D eigenvalue weighted by Crippen LogP contribution is 2.48. The molecule has 7 heteroatoms. The lowest BCUT2D eigenvalue weighted by Gasteiger charge is -2.30. The standard InChI is InChI=1S/C17H22N2O2S3/c1-12-18-14(9-22-12)16-7-13-8-19(6-3-15(13)23-16)10-17(4-5-17)11-24(2,20)21/h7,9H,3-6,8,10-11H2,1-2H3. The van der Waals surface area contributed by atoms with Crippen LogP contribution in [0.2, 0.25) is 0 Å². The van der Waals surface area contributed by atoms with E-state index in [0.29, 0.717) is 5.75 Å². The fourth-order valence-corrected chi connectivity index (χ4v) is 6.99. The van der Waals surface area contributed by atoms with Crippen LogP contribution in [0.1, 0.15) is 28.3 Å². The number of aryl methyl sites for hydroxylation is 1. The van der Waals surface area contributed by atoms with Crippen LogP contribution in [0, 0.1) is 12.3 Å². The molecule has 1 saturated carbocycles. The van der Waals surface area contributed by atoms with Crippen molar-refractivity contribution in [2.45, 2.75) is 32.7 Å². The molecule has 4 rings (SSSR count). The summed E-state index contributed by atoms with van der Waals surface area (Å²) in [7, 11) is -2.89. The largest absolute Gasteiger partial charge is 0.298 e. The van der Waals surface area contributed by atoms with Crippen molar-refractivity contribution < 1.29 is 8.42 Å². The molecule has 0 aromatic carbocycles. The van der Waals surface area contributed by atoms with Crippen LogP contribution in [0.3, 0.4) is 0 Å². The van der Waals surface area contributed by atoms with Crippen molar-refractivity contribution in [1.29, 1.82) is 0 Å². The van der Waals surface area contributed by atoms with E-state index in [1.165, 1.54) is 21.6 Å². The first-order valence-corrected chi connectivity index (χ1v) is 12.0. The van der Waals surface area contributed by atoms with Gasteiger partial charge in [0, 0.05) is 36.1 Å². The third kappa shape index (κ3) is 3.59. The summed E-state index contributed by atoms with van der Waals surface area (Å²) in [6.07, 6.45) is 4.53. The van der Waals surface area contributed by atoms with E-state index < -0.39 is 9.84 Å². The van der Waals surface area contributed by atoms with E-state index in [0.717, 1.165) is 49.6 Å². The average molecular weight is 383 g/mol. The first-order valence-electron chi connectivity index (χ1n) is 8.26. The summed E-state index contributed by atoms with van der Waals surface area (Å²) < 4.78 is 23.3. The molecule has 0 saturated heterocycles. The molecule has 0 unspecified atom stereocenters. The molecule has 0 radical (unpaired) electrons. The van der Waals surface area contributed by atoms with Crippen molar-refractivity contribution in [1.82, 2.24) is 9.88 Å². The van der Waals surface area contributed by atoms with E-state index in [1.54, 1.807) is 11.3 Å². The normalized spacial score (nSPS) is 20.1. The van der Waals surface area contributed by atoms with Gasteiger partial charge >= 0.3 is 0 Å². The zero-order valence-corrected chi connectivity index (χ0v) is 16.5. The number of sulfone groups is 1. The van der Waals surface area contributed by atoms with Gasteiger partial charge in [0.15, 0.2) is 0 Å². The van der Waals surface area contributed by atoms with Gasteiger partial charge in [-0.3, -0.25) is 4.90 Å². The van der Waals surface area contributed by atoms with E-state index in [4.69, 9.17) is 0 Å².